The fraction of sp³-hybridized carbons (Fsp3) is 1.00. The van der Waals surface area contributed by atoms with Gasteiger partial charge in [-0.05, 0) is 13.8 Å². The molecule has 1 aliphatic rings. The lowest BCUT2D eigenvalue weighted by Crippen LogP contribution is -2.30. The molecule has 1 saturated heterocycles. The molecule has 0 amide bonds. The molecule has 1 fully saturated rings. The van der Waals surface area contributed by atoms with Crippen LogP contribution in [0.2, 0.25) is 0 Å². The minimum Gasteiger partial charge on any atom is -0.388 e. The van der Waals surface area contributed by atoms with Crippen molar-refractivity contribution in [3.05, 3.63) is 0 Å². The normalized spacial score (nSPS) is 38.2. The average molecular weight is 162 g/mol. The number of ether oxygens (including phenoxy) is 2. The molecule has 4 heteroatoms. The first kappa shape index (κ1) is 8.93. The number of hydrogen-bond donors (Lipinski definition) is 2. The average Bonchev–Trinajstić information content (AvgIpc) is 2.03. The van der Waals surface area contributed by atoms with Crippen LogP contribution in [-0.2, 0) is 9.47 Å². The van der Waals surface area contributed by atoms with E-state index in [4.69, 9.17) is 19.7 Å². The zero-order valence-electron chi connectivity index (χ0n) is 6.78. The highest BCUT2D eigenvalue weighted by molar-refractivity contribution is 4.71. The first-order valence-electron chi connectivity index (χ1n) is 3.65. The molecule has 0 aliphatic carbocycles. The van der Waals surface area contributed by atoms with Crippen LogP contribution in [-0.4, -0.2) is 41.4 Å². The van der Waals surface area contributed by atoms with Gasteiger partial charge in [0.15, 0.2) is 5.79 Å². The Morgan fingerprint density at radius 1 is 1.09 bits per heavy atom. The quantitative estimate of drug-likeness (QED) is 0.503. The van der Waals surface area contributed by atoms with Gasteiger partial charge in [-0.25, -0.2) is 0 Å². The predicted octanol–water partition coefficient (Wildman–Crippen LogP) is -0.509. The van der Waals surface area contributed by atoms with Gasteiger partial charge in [0.2, 0.25) is 0 Å². The molecule has 1 rings (SSSR count). The second kappa shape index (κ2) is 3.06. The summed E-state index contributed by atoms with van der Waals surface area (Å²) in [5.74, 6) is -0.696. The number of aliphatic hydroxyl groups is 2. The highest BCUT2D eigenvalue weighted by atomic mass is 16.7. The molecule has 0 radical (unpaired) electrons. The minimum absolute atomic E-state index is 0.119. The van der Waals surface area contributed by atoms with Crippen molar-refractivity contribution in [3.8, 4) is 0 Å². The summed E-state index contributed by atoms with van der Waals surface area (Å²) < 4.78 is 10.3. The van der Waals surface area contributed by atoms with E-state index in [-0.39, 0.29) is 13.2 Å². The Labute approximate surface area is 65.7 Å². The Kier molecular flexibility index (Phi) is 2.49. The summed E-state index contributed by atoms with van der Waals surface area (Å²) in [6.07, 6.45) is -1.67. The molecule has 4 nitrogen and oxygen atoms in total. The monoisotopic (exact) mass is 162 g/mol. The molecule has 0 saturated carbocycles. The van der Waals surface area contributed by atoms with Crippen molar-refractivity contribution in [1.82, 2.24) is 0 Å². The van der Waals surface area contributed by atoms with Crippen molar-refractivity contribution in [2.24, 2.45) is 0 Å². The van der Waals surface area contributed by atoms with E-state index in [2.05, 4.69) is 0 Å². The summed E-state index contributed by atoms with van der Waals surface area (Å²) in [4.78, 5) is 0. The van der Waals surface area contributed by atoms with Crippen molar-refractivity contribution < 1.29 is 19.7 Å². The summed E-state index contributed by atoms with van der Waals surface area (Å²) in [6.45, 7) is 3.73. The van der Waals surface area contributed by atoms with E-state index in [0.29, 0.717) is 0 Å². The van der Waals surface area contributed by atoms with Gasteiger partial charge in [0, 0.05) is 0 Å². The van der Waals surface area contributed by atoms with Crippen LogP contribution in [0.3, 0.4) is 0 Å². The molecule has 0 spiro atoms. The molecular formula is C7H14O4. The van der Waals surface area contributed by atoms with E-state index in [9.17, 15) is 0 Å². The fourth-order valence-electron chi connectivity index (χ4n) is 0.836. The van der Waals surface area contributed by atoms with Crippen molar-refractivity contribution in [2.45, 2.75) is 31.8 Å². The highest BCUT2D eigenvalue weighted by Crippen LogP contribution is 2.16. The van der Waals surface area contributed by atoms with Crippen LogP contribution < -0.4 is 0 Å². The summed E-state index contributed by atoms with van der Waals surface area (Å²) in [6, 6.07) is 0. The van der Waals surface area contributed by atoms with Crippen molar-refractivity contribution in [1.29, 1.82) is 0 Å². The van der Waals surface area contributed by atoms with Gasteiger partial charge in [0.25, 0.3) is 0 Å². The Balaban J connectivity index is 2.51. The van der Waals surface area contributed by atoms with Gasteiger partial charge in [-0.1, -0.05) is 0 Å². The van der Waals surface area contributed by atoms with Crippen LogP contribution in [0.25, 0.3) is 0 Å². The maximum absolute atomic E-state index is 9.13. The second-order valence-electron chi connectivity index (χ2n) is 3.16. The summed E-state index contributed by atoms with van der Waals surface area (Å²) in [5, 5.41) is 18.3. The van der Waals surface area contributed by atoms with E-state index in [1.165, 1.54) is 0 Å². The summed E-state index contributed by atoms with van der Waals surface area (Å²) in [5.41, 5.74) is 0. The van der Waals surface area contributed by atoms with E-state index in [1.807, 2.05) is 0 Å². The van der Waals surface area contributed by atoms with Crippen molar-refractivity contribution in [3.63, 3.8) is 0 Å². The van der Waals surface area contributed by atoms with E-state index >= 15 is 0 Å². The Morgan fingerprint density at radius 2 is 1.45 bits per heavy atom. The van der Waals surface area contributed by atoms with Gasteiger partial charge < -0.3 is 19.7 Å². The second-order valence-corrected chi connectivity index (χ2v) is 3.16. The number of aliphatic hydroxyl groups excluding tert-OH is 2. The van der Waals surface area contributed by atoms with Crippen LogP contribution in [0, 0.1) is 0 Å². The van der Waals surface area contributed by atoms with E-state index in [0.717, 1.165) is 0 Å². The molecule has 0 aromatic carbocycles. The Morgan fingerprint density at radius 3 is 1.82 bits per heavy atom. The smallest absolute Gasteiger partial charge is 0.163 e. The summed E-state index contributed by atoms with van der Waals surface area (Å²) >= 11 is 0. The maximum Gasteiger partial charge on any atom is 0.163 e. The third-order valence-electron chi connectivity index (χ3n) is 1.65. The fourth-order valence-corrected chi connectivity index (χ4v) is 0.836. The number of rotatable bonds is 0. The topological polar surface area (TPSA) is 58.9 Å². The minimum atomic E-state index is -0.836. The van der Waals surface area contributed by atoms with Gasteiger partial charge >= 0.3 is 0 Å². The number of hydrogen-bond acceptors (Lipinski definition) is 4. The Hall–Kier alpha value is -0.160. The molecule has 0 bridgehead atoms. The van der Waals surface area contributed by atoms with Gasteiger partial charge in [-0.15, -0.1) is 0 Å². The molecular weight excluding hydrogens is 148 g/mol. The van der Waals surface area contributed by atoms with Crippen LogP contribution in [0.15, 0.2) is 0 Å². The standard InChI is InChI=1S/C7H14O4/c1-7(2)10-3-5(8)6(9)4-11-7/h5-6,8-9H,3-4H2,1-2H3/t5-,6+. The lowest BCUT2D eigenvalue weighted by atomic mass is 10.2. The SMILES string of the molecule is CC1(C)OC[C@@H](O)[C@@H](O)CO1. The van der Waals surface area contributed by atoms with Crippen molar-refractivity contribution >= 4 is 0 Å². The summed E-state index contributed by atoms with van der Waals surface area (Å²) in [7, 11) is 0. The van der Waals surface area contributed by atoms with Crippen LogP contribution >= 0.6 is 0 Å². The molecule has 11 heavy (non-hydrogen) atoms. The molecule has 2 atom stereocenters. The molecule has 0 aromatic heterocycles. The first-order chi connectivity index (χ1) is 5.01. The van der Waals surface area contributed by atoms with Gasteiger partial charge in [-0.2, -0.15) is 0 Å². The molecule has 1 heterocycles. The third-order valence-corrected chi connectivity index (χ3v) is 1.65. The lowest BCUT2D eigenvalue weighted by Gasteiger charge is -2.22. The molecule has 0 aromatic rings. The third kappa shape index (κ3) is 2.41. The van der Waals surface area contributed by atoms with Crippen LogP contribution in [0.4, 0.5) is 0 Å². The first-order valence-corrected chi connectivity index (χ1v) is 3.65. The van der Waals surface area contributed by atoms with Gasteiger partial charge in [-0.3, -0.25) is 0 Å². The molecule has 1 aliphatic heterocycles. The van der Waals surface area contributed by atoms with Gasteiger partial charge in [0.05, 0.1) is 13.2 Å². The zero-order valence-corrected chi connectivity index (χ0v) is 6.78. The zero-order chi connectivity index (χ0) is 8.48. The van der Waals surface area contributed by atoms with Crippen molar-refractivity contribution in [2.75, 3.05) is 13.2 Å². The Bertz CT molecular complexity index is 120. The van der Waals surface area contributed by atoms with Crippen LogP contribution in [0.5, 0.6) is 0 Å². The predicted molar refractivity (Wildman–Crippen MR) is 38.0 cm³/mol. The van der Waals surface area contributed by atoms with Gasteiger partial charge in [0.1, 0.15) is 12.2 Å². The molecule has 0 unspecified atom stereocenters. The lowest BCUT2D eigenvalue weighted by molar-refractivity contribution is -0.205. The van der Waals surface area contributed by atoms with E-state index in [1.54, 1.807) is 13.8 Å². The molecule has 2 N–H and O–H groups in total. The largest absolute Gasteiger partial charge is 0.388 e. The maximum atomic E-state index is 9.13. The molecule has 66 valence electrons. The van der Waals surface area contributed by atoms with Crippen LogP contribution in [0.1, 0.15) is 13.8 Å². The highest BCUT2D eigenvalue weighted by Gasteiger charge is 2.29. The van der Waals surface area contributed by atoms with E-state index < -0.39 is 18.0 Å².